The predicted octanol–water partition coefficient (Wildman–Crippen LogP) is 4.05. The zero-order valence-corrected chi connectivity index (χ0v) is 33.0. The van der Waals surface area contributed by atoms with Crippen molar-refractivity contribution >= 4 is 29.6 Å². The zero-order chi connectivity index (χ0) is 41.7. The van der Waals surface area contributed by atoms with Gasteiger partial charge in [0.1, 0.15) is 24.4 Å². The number of aliphatic hydroxyl groups excluding tert-OH is 3. The van der Waals surface area contributed by atoms with Crippen LogP contribution in [-0.2, 0) is 33.3 Å². The largest absolute Gasteiger partial charge is 0.458 e. The van der Waals surface area contributed by atoms with Crippen molar-refractivity contribution in [3.63, 3.8) is 0 Å². The number of amides is 1. The van der Waals surface area contributed by atoms with Gasteiger partial charge in [-0.1, -0.05) is 80.6 Å². The summed E-state index contributed by atoms with van der Waals surface area (Å²) in [6.07, 6.45) is -8.60. The first-order valence-electron chi connectivity index (χ1n) is 19.5. The van der Waals surface area contributed by atoms with Crippen molar-refractivity contribution in [3.8, 4) is 0 Å². The van der Waals surface area contributed by atoms with Gasteiger partial charge in [-0.05, 0) is 66.7 Å². The normalized spacial score (nSPS) is 32.1. The second-order valence-electron chi connectivity index (χ2n) is 16.6. The van der Waals surface area contributed by atoms with Crippen molar-refractivity contribution < 1.29 is 58.2 Å². The molecule has 1 heterocycles. The van der Waals surface area contributed by atoms with Gasteiger partial charge in [-0.25, -0.2) is 9.59 Å². The molecule has 13 nitrogen and oxygen atoms in total. The monoisotopic (exact) mass is 795 g/mol. The van der Waals surface area contributed by atoms with E-state index >= 15 is 0 Å². The maximum Gasteiger partial charge on any atom is 0.338 e. The van der Waals surface area contributed by atoms with Crippen LogP contribution in [0.15, 0.2) is 102 Å². The Kier molecular flexibility index (Phi) is 11.0. The Morgan fingerprint density at radius 2 is 1.43 bits per heavy atom. The molecular weight excluding hydrogens is 746 g/mol. The van der Waals surface area contributed by atoms with Crippen LogP contribution in [-0.4, -0.2) is 93.7 Å². The van der Waals surface area contributed by atoms with Gasteiger partial charge < -0.3 is 39.6 Å². The smallest absolute Gasteiger partial charge is 0.338 e. The number of benzene rings is 3. The lowest BCUT2D eigenvalue weighted by Gasteiger charge is -2.65. The average Bonchev–Trinajstić information content (AvgIpc) is 3.20. The summed E-state index contributed by atoms with van der Waals surface area (Å²) in [5.74, 6) is -5.93. The van der Waals surface area contributed by atoms with Crippen molar-refractivity contribution in [2.24, 2.45) is 22.7 Å². The molecule has 3 aromatic carbocycles. The first kappa shape index (κ1) is 41.0. The third-order valence-electron chi connectivity index (χ3n) is 13.0. The molecule has 1 saturated heterocycles. The van der Waals surface area contributed by atoms with E-state index in [9.17, 15) is 39.3 Å². The summed E-state index contributed by atoms with van der Waals surface area (Å²) in [5, 5.41) is 38.5. The van der Waals surface area contributed by atoms with E-state index in [0.29, 0.717) is 16.7 Å². The number of hydrogen-bond donors (Lipinski definition) is 4. The summed E-state index contributed by atoms with van der Waals surface area (Å²) in [7, 11) is 0. The SMILES string of the molecule is CC(=O)O[C@@]12CO[C@@H]1C[C@H](O)[C@@]1(C)C(=O)[C@H](O)C3=C(C)[C@@H](OC(=O)[C@H](O)[C@@H](NC(=O)c4ccccc4)c4ccccc4)CC([C@@H](OC(=O)c4ccccc4)[C@H]21)C3(C)C. The Morgan fingerprint density at radius 3 is 2.00 bits per heavy atom. The summed E-state index contributed by atoms with van der Waals surface area (Å²) >= 11 is 0. The van der Waals surface area contributed by atoms with Crippen LogP contribution in [0.25, 0.3) is 0 Å². The van der Waals surface area contributed by atoms with E-state index in [4.69, 9.17) is 18.9 Å². The van der Waals surface area contributed by atoms with E-state index in [1.807, 2.05) is 0 Å². The molecule has 1 amide bonds. The fourth-order valence-electron chi connectivity index (χ4n) is 10.0. The van der Waals surface area contributed by atoms with Crippen LogP contribution in [0.3, 0.4) is 0 Å². The summed E-state index contributed by atoms with van der Waals surface area (Å²) in [4.78, 5) is 69.4. The van der Waals surface area contributed by atoms with E-state index in [2.05, 4.69) is 5.32 Å². The van der Waals surface area contributed by atoms with Crippen molar-refractivity contribution in [2.75, 3.05) is 6.61 Å². The molecule has 4 N–H and O–H groups in total. The van der Waals surface area contributed by atoms with Crippen LogP contribution in [0.5, 0.6) is 0 Å². The van der Waals surface area contributed by atoms with Gasteiger partial charge in [0.05, 0.1) is 35.6 Å². The Labute approximate surface area is 336 Å². The number of Topliss-reactive ketones (excluding diaryl/α,β-unsaturated/α-hetero) is 1. The molecule has 1 aliphatic heterocycles. The molecule has 7 rings (SSSR count). The van der Waals surface area contributed by atoms with E-state index in [-0.39, 0.29) is 30.6 Å². The van der Waals surface area contributed by atoms with Gasteiger partial charge in [0, 0.05) is 24.8 Å². The average molecular weight is 796 g/mol. The number of esters is 3. The van der Waals surface area contributed by atoms with Crippen LogP contribution in [0.4, 0.5) is 0 Å². The molecule has 4 aliphatic rings. The highest BCUT2D eigenvalue weighted by molar-refractivity contribution is 5.95. The predicted molar refractivity (Wildman–Crippen MR) is 207 cm³/mol. The molecule has 1 unspecified atom stereocenters. The molecule has 3 fully saturated rings. The molecule has 11 atom stereocenters. The lowest BCUT2D eigenvalue weighted by molar-refractivity contribution is -0.335. The Hall–Kier alpha value is -5.21. The lowest BCUT2D eigenvalue weighted by Crippen LogP contribution is -2.79. The second-order valence-corrected chi connectivity index (χ2v) is 16.6. The summed E-state index contributed by atoms with van der Waals surface area (Å²) < 4.78 is 24.6. The fourth-order valence-corrected chi connectivity index (χ4v) is 10.0. The fraction of sp³-hybridized carbons (Fsp3) is 0.444. The minimum absolute atomic E-state index is 0.0365. The van der Waals surface area contributed by atoms with Gasteiger partial charge in [0.25, 0.3) is 5.91 Å². The van der Waals surface area contributed by atoms with E-state index < -0.39 is 101 Å². The van der Waals surface area contributed by atoms with Gasteiger partial charge in [0.2, 0.25) is 0 Å². The van der Waals surface area contributed by atoms with E-state index in [0.717, 1.165) is 0 Å². The third kappa shape index (κ3) is 6.83. The number of rotatable bonds is 9. The molecule has 3 aromatic rings. The molecule has 2 bridgehead atoms. The van der Waals surface area contributed by atoms with Gasteiger partial charge in [-0.2, -0.15) is 0 Å². The Balaban J connectivity index is 1.31. The first-order valence-corrected chi connectivity index (χ1v) is 19.5. The molecular formula is C45H49NO12. The van der Waals surface area contributed by atoms with E-state index in [1.54, 1.807) is 112 Å². The maximum absolute atomic E-state index is 15.0. The van der Waals surface area contributed by atoms with Crippen LogP contribution in [0.1, 0.15) is 79.8 Å². The molecule has 0 aromatic heterocycles. The molecule has 306 valence electrons. The highest BCUT2D eigenvalue weighted by atomic mass is 16.6. The van der Waals surface area contributed by atoms with Gasteiger partial charge in [0.15, 0.2) is 17.5 Å². The molecule has 2 saturated carbocycles. The summed E-state index contributed by atoms with van der Waals surface area (Å²) in [5.41, 5.74) is -3.00. The number of hydrogen-bond acceptors (Lipinski definition) is 12. The molecule has 3 aliphatic carbocycles. The van der Waals surface area contributed by atoms with Crippen LogP contribution >= 0.6 is 0 Å². The maximum atomic E-state index is 15.0. The van der Waals surface area contributed by atoms with Crippen molar-refractivity contribution in [1.29, 1.82) is 0 Å². The molecule has 13 heteroatoms. The second kappa shape index (κ2) is 15.5. The molecule has 0 radical (unpaired) electrons. The lowest BCUT2D eigenvalue weighted by atomic mass is 9.46. The van der Waals surface area contributed by atoms with Crippen molar-refractivity contribution in [2.45, 2.75) is 95.7 Å². The molecule has 0 spiro atoms. The summed E-state index contributed by atoms with van der Waals surface area (Å²) in [6, 6.07) is 23.7. The number of ketones is 1. The van der Waals surface area contributed by atoms with Crippen molar-refractivity contribution in [3.05, 3.63) is 119 Å². The van der Waals surface area contributed by atoms with Crippen LogP contribution < -0.4 is 5.32 Å². The van der Waals surface area contributed by atoms with Gasteiger partial charge >= 0.3 is 17.9 Å². The van der Waals surface area contributed by atoms with Crippen LogP contribution in [0.2, 0.25) is 0 Å². The highest BCUT2D eigenvalue weighted by Gasteiger charge is 2.75. The topological polar surface area (TPSA) is 195 Å². The summed E-state index contributed by atoms with van der Waals surface area (Å²) in [6.45, 7) is 7.77. The zero-order valence-electron chi connectivity index (χ0n) is 33.0. The number of carbonyl (C=O) groups is 5. The van der Waals surface area contributed by atoms with Crippen molar-refractivity contribution in [1.82, 2.24) is 5.32 Å². The van der Waals surface area contributed by atoms with Crippen LogP contribution in [0, 0.1) is 22.7 Å². The number of carbonyl (C=O) groups excluding carboxylic acids is 5. The number of fused-ring (bicyclic) bond motifs is 5. The highest BCUT2D eigenvalue weighted by Crippen LogP contribution is 2.63. The number of aliphatic hydroxyl groups is 3. The standard InChI is InChI=1S/C45H49NO12/c1-24-30(56-42(54)36(50)34(26-15-9-6-10-16-26)46-40(52)27-17-11-7-12-18-27)21-29-37(57-41(53)28-19-13-8-14-20-28)38-44(5,39(51)35(49)33(24)43(29,3)4)31(48)22-32-45(38,23-55-32)58-25(2)47/h6-20,29-32,34-38,48-50H,21-23H2,1-5H3,(H,46,52)/t29?,30-,31-,32+,34-,35+,36+,37+,38-,44+,45-/m0/s1. The Morgan fingerprint density at radius 1 is 0.845 bits per heavy atom. The quantitative estimate of drug-likeness (QED) is 0.138. The number of nitrogens with one attached hydrogen (secondary N) is 1. The number of ether oxygens (including phenoxy) is 4. The van der Waals surface area contributed by atoms with Gasteiger partial charge in [-0.3, -0.25) is 14.4 Å². The van der Waals surface area contributed by atoms with Gasteiger partial charge in [-0.15, -0.1) is 0 Å². The van der Waals surface area contributed by atoms with E-state index in [1.165, 1.54) is 13.8 Å². The minimum Gasteiger partial charge on any atom is -0.458 e. The molecule has 58 heavy (non-hydrogen) atoms. The minimum atomic E-state index is -1.91. The Bertz CT molecular complexity index is 2100. The first-order chi connectivity index (χ1) is 27.5. The third-order valence-corrected chi connectivity index (χ3v) is 13.0.